The quantitative estimate of drug-likeness (QED) is 0.645. The summed E-state index contributed by atoms with van der Waals surface area (Å²) in [5.41, 5.74) is 1.98. The van der Waals surface area contributed by atoms with E-state index in [9.17, 15) is 13.2 Å². The molecule has 1 saturated heterocycles. The molecule has 4 rings (SSSR count). The molecule has 0 saturated carbocycles. The van der Waals surface area contributed by atoms with Gasteiger partial charge < -0.3 is 0 Å². The number of hydrogen-bond acceptors (Lipinski definition) is 4. The van der Waals surface area contributed by atoms with E-state index < -0.39 is 10.0 Å². The third-order valence-corrected chi connectivity index (χ3v) is 7.36. The highest BCUT2D eigenvalue weighted by atomic mass is 32.2. The predicted molar refractivity (Wildman–Crippen MR) is 112 cm³/mol. The Hall–Kier alpha value is -2.71. The minimum absolute atomic E-state index is 0.122. The van der Waals surface area contributed by atoms with Gasteiger partial charge in [0.15, 0.2) is 5.65 Å². The summed E-state index contributed by atoms with van der Waals surface area (Å²) in [5, 5.41) is 4.33. The second-order valence-electron chi connectivity index (χ2n) is 7.57. The topological polar surface area (TPSA) is 76.7 Å². The van der Waals surface area contributed by atoms with Crippen molar-refractivity contribution in [2.24, 2.45) is 5.92 Å². The van der Waals surface area contributed by atoms with Crippen LogP contribution in [-0.4, -0.2) is 40.0 Å². The highest BCUT2D eigenvalue weighted by Crippen LogP contribution is 2.23. The summed E-state index contributed by atoms with van der Waals surface area (Å²) in [5.74, 6) is 0.533. The Kier molecular flexibility index (Phi) is 5.14. The summed E-state index contributed by atoms with van der Waals surface area (Å²) in [7, 11) is -3.62. The van der Waals surface area contributed by atoms with Crippen LogP contribution in [0.5, 0.6) is 0 Å². The first kappa shape index (κ1) is 19.6. The maximum Gasteiger partial charge on any atom is 0.350 e. The zero-order valence-electron chi connectivity index (χ0n) is 16.4. The maximum atomic E-state index is 13.0. The van der Waals surface area contributed by atoms with Gasteiger partial charge in [0.05, 0.1) is 11.4 Å². The van der Waals surface area contributed by atoms with E-state index in [-0.39, 0.29) is 10.6 Å². The molecular formula is C21H24N4O3S. The van der Waals surface area contributed by atoms with Crippen molar-refractivity contribution in [3.05, 3.63) is 70.8 Å². The summed E-state index contributed by atoms with van der Waals surface area (Å²) in [6.45, 7) is 7.19. The van der Waals surface area contributed by atoms with E-state index in [2.05, 4.69) is 18.6 Å². The van der Waals surface area contributed by atoms with Crippen LogP contribution >= 0.6 is 0 Å². The fourth-order valence-electron chi connectivity index (χ4n) is 3.56. The molecule has 3 aromatic rings. The molecule has 0 amide bonds. The van der Waals surface area contributed by atoms with E-state index >= 15 is 0 Å². The van der Waals surface area contributed by atoms with Crippen LogP contribution < -0.4 is 5.69 Å². The second kappa shape index (κ2) is 7.61. The Morgan fingerprint density at radius 3 is 2.48 bits per heavy atom. The Balaban J connectivity index is 1.65. The number of nitrogens with zero attached hydrogens (tertiary/aromatic N) is 4. The van der Waals surface area contributed by atoms with Crippen molar-refractivity contribution in [1.29, 1.82) is 0 Å². The number of aromatic nitrogens is 3. The van der Waals surface area contributed by atoms with Gasteiger partial charge in [0.1, 0.15) is 0 Å². The van der Waals surface area contributed by atoms with Crippen molar-refractivity contribution >= 4 is 21.7 Å². The van der Waals surface area contributed by atoms with Gasteiger partial charge in [0, 0.05) is 19.3 Å². The van der Waals surface area contributed by atoms with Crippen molar-refractivity contribution in [2.75, 3.05) is 13.1 Å². The first-order chi connectivity index (χ1) is 13.9. The fraction of sp³-hybridized carbons (Fsp3) is 0.333. The minimum atomic E-state index is -3.62. The molecule has 1 fully saturated rings. The lowest BCUT2D eigenvalue weighted by atomic mass is 10.0. The van der Waals surface area contributed by atoms with Crippen LogP contribution in [0.3, 0.4) is 0 Å². The molecule has 0 unspecified atom stereocenters. The lowest BCUT2D eigenvalue weighted by molar-refractivity contribution is 0.288. The van der Waals surface area contributed by atoms with Crippen LogP contribution in [0.4, 0.5) is 0 Å². The molecule has 8 heteroatoms. The minimum Gasteiger partial charge on any atom is -0.249 e. The van der Waals surface area contributed by atoms with E-state index in [0.29, 0.717) is 31.2 Å². The van der Waals surface area contributed by atoms with E-state index in [0.717, 1.165) is 24.0 Å². The van der Waals surface area contributed by atoms with Gasteiger partial charge >= 0.3 is 5.69 Å². The monoisotopic (exact) mass is 412 g/mol. The summed E-state index contributed by atoms with van der Waals surface area (Å²) >= 11 is 0. The molecule has 0 spiro atoms. The Bertz CT molecular complexity index is 1200. The molecule has 0 radical (unpaired) electrons. The number of fused-ring (bicyclic) bond motifs is 1. The second-order valence-corrected chi connectivity index (χ2v) is 9.50. The van der Waals surface area contributed by atoms with Gasteiger partial charge in [0.2, 0.25) is 10.0 Å². The number of sulfonamides is 1. The first-order valence-corrected chi connectivity index (χ1v) is 11.1. The molecule has 152 valence electrons. The molecule has 7 nitrogen and oxygen atoms in total. The van der Waals surface area contributed by atoms with Gasteiger partial charge in [-0.15, -0.1) is 5.10 Å². The normalized spacial score (nSPS) is 16.3. The van der Waals surface area contributed by atoms with Gasteiger partial charge in [-0.1, -0.05) is 43.8 Å². The fourth-order valence-corrected chi connectivity index (χ4v) is 5.03. The number of piperidine rings is 1. The van der Waals surface area contributed by atoms with Crippen molar-refractivity contribution in [1.82, 2.24) is 18.5 Å². The number of hydrogen-bond donors (Lipinski definition) is 0. The number of benzene rings is 1. The van der Waals surface area contributed by atoms with Gasteiger partial charge in [-0.2, -0.15) is 4.31 Å². The highest BCUT2D eigenvalue weighted by Gasteiger charge is 2.28. The number of pyridine rings is 1. The van der Waals surface area contributed by atoms with Gasteiger partial charge in [-0.3, -0.25) is 0 Å². The average molecular weight is 413 g/mol. The molecule has 0 aliphatic carbocycles. The molecule has 0 atom stereocenters. The van der Waals surface area contributed by atoms with Gasteiger partial charge in [0.25, 0.3) is 0 Å². The smallest absolute Gasteiger partial charge is 0.249 e. The third kappa shape index (κ3) is 3.77. The lowest BCUT2D eigenvalue weighted by Crippen LogP contribution is -2.38. The number of rotatable bonds is 5. The summed E-state index contributed by atoms with van der Waals surface area (Å²) in [6.07, 6.45) is 4.84. The highest BCUT2D eigenvalue weighted by molar-refractivity contribution is 7.89. The Labute approximate surface area is 169 Å². The van der Waals surface area contributed by atoms with E-state index in [1.165, 1.54) is 25.7 Å². The predicted octanol–water partition coefficient (Wildman–Crippen LogP) is 2.61. The molecule has 0 N–H and O–H groups in total. The Morgan fingerprint density at radius 1 is 1.14 bits per heavy atom. The van der Waals surface area contributed by atoms with Crippen LogP contribution in [0.15, 0.2) is 58.9 Å². The maximum absolute atomic E-state index is 13.0. The SMILES string of the molecule is C=Cc1ccc(Cn2nc3ccc(S(=O)(=O)N4CCC(C)CC4)cn3c2=O)cc1. The summed E-state index contributed by atoms with van der Waals surface area (Å²) < 4.78 is 30.1. The van der Waals surface area contributed by atoms with Crippen LogP contribution in [-0.2, 0) is 16.6 Å². The van der Waals surface area contributed by atoms with E-state index in [1.807, 2.05) is 24.3 Å². The molecule has 1 aliphatic rings. The largest absolute Gasteiger partial charge is 0.350 e. The van der Waals surface area contributed by atoms with E-state index in [4.69, 9.17) is 0 Å². The summed E-state index contributed by atoms with van der Waals surface area (Å²) in [4.78, 5) is 12.9. The van der Waals surface area contributed by atoms with Crippen LogP contribution in [0.1, 0.15) is 30.9 Å². The van der Waals surface area contributed by atoms with Gasteiger partial charge in [-0.25, -0.2) is 22.3 Å². The van der Waals surface area contributed by atoms with Crippen molar-refractivity contribution < 1.29 is 8.42 Å². The molecule has 1 aliphatic heterocycles. The molecule has 0 bridgehead atoms. The molecule has 29 heavy (non-hydrogen) atoms. The van der Waals surface area contributed by atoms with Gasteiger partial charge in [-0.05, 0) is 42.0 Å². The van der Waals surface area contributed by atoms with Crippen LogP contribution in [0.25, 0.3) is 11.7 Å². The van der Waals surface area contributed by atoms with Crippen molar-refractivity contribution in [2.45, 2.75) is 31.2 Å². The zero-order chi connectivity index (χ0) is 20.6. The standard InChI is InChI=1S/C21H24N4O3S/c1-3-17-4-6-18(7-5-17)14-25-21(26)24-15-19(8-9-20(24)22-25)29(27,28)23-12-10-16(2)11-13-23/h3-9,15-16H,1,10-14H2,2H3. The average Bonchev–Trinajstić information content (AvgIpc) is 3.04. The zero-order valence-corrected chi connectivity index (χ0v) is 17.2. The van der Waals surface area contributed by atoms with Crippen molar-refractivity contribution in [3.63, 3.8) is 0 Å². The lowest BCUT2D eigenvalue weighted by Gasteiger charge is -2.29. The molecule has 3 heterocycles. The van der Waals surface area contributed by atoms with Crippen molar-refractivity contribution in [3.8, 4) is 0 Å². The third-order valence-electron chi connectivity index (χ3n) is 5.48. The summed E-state index contributed by atoms with van der Waals surface area (Å²) in [6, 6.07) is 10.8. The Morgan fingerprint density at radius 2 is 1.83 bits per heavy atom. The molecule has 1 aromatic carbocycles. The first-order valence-electron chi connectivity index (χ1n) is 9.69. The van der Waals surface area contributed by atoms with Crippen LogP contribution in [0, 0.1) is 5.92 Å². The molecular weight excluding hydrogens is 388 g/mol. The van der Waals surface area contributed by atoms with E-state index in [1.54, 1.807) is 12.1 Å². The molecule has 2 aromatic heterocycles. The van der Waals surface area contributed by atoms with Crippen LogP contribution in [0.2, 0.25) is 0 Å².